The highest BCUT2D eigenvalue weighted by Crippen LogP contribution is 2.39. The Morgan fingerprint density at radius 1 is 1.00 bits per heavy atom. The number of hydrogen-bond donors (Lipinski definition) is 2. The van der Waals surface area contributed by atoms with Crippen molar-refractivity contribution in [3.8, 4) is 11.5 Å². The molecule has 1 heterocycles. The Hall–Kier alpha value is -4.28. The number of aromatic carboxylic acids is 2. The maximum Gasteiger partial charge on any atom is 0.335 e. The number of amides is 1. The van der Waals surface area contributed by atoms with Crippen LogP contribution < -0.4 is 9.47 Å². The maximum atomic E-state index is 12.9. The van der Waals surface area contributed by atoms with Crippen LogP contribution in [0.15, 0.2) is 70.6 Å². The summed E-state index contributed by atoms with van der Waals surface area (Å²) in [5, 5.41) is 18.9. The van der Waals surface area contributed by atoms with Gasteiger partial charge in [0.15, 0.2) is 16.7 Å². The van der Waals surface area contributed by atoms with Crippen molar-refractivity contribution in [2.45, 2.75) is 13.5 Å². The number of hydrogen-bond acceptors (Lipinski definition) is 7. The molecule has 0 aromatic heterocycles. The molecule has 2 N–H and O–H groups in total. The minimum atomic E-state index is -1.03. The van der Waals surface area contributed by atoms with E-state index in [-0.39, 0.29) is 28.7 Å². The van der Waals surface area contributed by atoms with Gasteiger partial charge in [-0.1, -0.05) is 23.7 Å². The summed E-state index contributed by atoms with van der Waals surface area (Å²) in [6.07, 6.45) is 1.68. The van der Waals surface area contributed by atoms with Crippen LogP contribution in [0.4, 0.5) is 5.69 Å². The summed E-state index contributed by atoms with van der Waals surface area (Å²) in [6.45, 7) is 2.32. The number of likely N-dealkylation sites (N-methyl/N-ethyl adjacent to an activating group) is 1. The lowest BCUT2D eigenvalue weighted by Gasteiger charge is -2.15. The third-order valence-electron chi connectivity index (χ3n) is 5.56. The smallest absolute Gasteiger partial charge is 0.335 e. The predicted molar refractivity (Wildman–Crippen MR) is 149 cm³/mol. The molecule has 0 unspecified atom stereocenters. The van der Waals surface area contributed by atoms with Crippen LogP contribution >= 0.6 is 23.4 Å². The first-order valence-electron chi connectivity index (χ1n) is 11.7. The third-order valence-corrected chi connectivity index (χ3v) is 6.90. The fourth-order valence-electron chi connectivity index (χ4n) is 3.57. The van der Waals surface area contributed by atoms with Crippen molar-refractivity contribution in [3.05, 3.63) is 92.8 Å². The van der Waals surface area contributed by atoms with Crippen LogP contribution in [-0.4, -0.2) is 51.8 Å². The highest BCUT2D eigenvalue weighted by Gasteiger charge is 2.30. The number of halogens is 1. The number of carboxylic acid groups (broad SMARTS) is 2. The highest BCUT2D eigenvalue weighted by atomic mass is 35.5. The molecule has 0 bridgehead atoms. The molecule has 3 aromatic carbocycles. The second kappa shape index (κ2) is 12.1. The Kier molecular flexibility index (Phi) is 8.58. The molecule has 0 aliphatic carbocycles. The van der Waals surface area contributed by atoms with Gasteiger partial charge in [0.25, 0.3) is 5.91 Å². The first-order chi connectivity index (χ1) is 18.7. The first-order valence-corrected chi connectivity index (χ1v) is 12.9. The van der Waals surface area contributed by atoms with E-state index in [1.165, 1.54) is 40.9 Å². The molecule has 11 heteroatoms. The van der Waals surface area contributed by atoms with Crippen molar-refractivity contribution in [2.75, 3.05) is 13.7 Å². The van der Waals surface area contributed by atoms with E-state index in [1.54, 1.807) is 49.5 Å². The van der Waals surface area contributed by atoms with Gasteiger partial charge in [-0.15, -0.1) is 0 Å². The zero-order valence-corrected chi connectivity index (χ0v) is 22.5. The number of benzene rings is 3. The SMILES string of the molecule is CCOc1cc(/C=C2\SC(=Nc3ccc(C(=O)O)cc3)N(C)C2=O)cc(Cl)c1OCc1ccc(C(=O)O)cc1. The standard InChI is InChI=1S/C28H23ClN2O7S/c1-3-37-22-13-17(12-21(29)24(22)38-15-16-4-6-18(7-5-16)26(33)34)14-23-25(32)31(2)28(39-23)30-20-10-8-19(9-11-20)27(35)36/h4-14H,3,15H2,1-2H3,(H,33,34)(H,35,36)/b23-14-,30-28?. The third kappa shape index (κ3) is 6.60. The van der Waals surface area contributed by atoms with Crippen LogP contribution in [0.1, 0.15) is 38.8 Å². The zero-order chi connectivity index (χ0) is 28.1. The molecular weight excluding hydrogens is 544 g/mol. The number of nitrogens with zero attached hydrogens (tertiary/aromatic N) is 2. The molecule has 0 radical (unpaired) electrons. The lowest BCUT2D eigenvalue weighted by molar-refractivity contribution is -0.121. The quantitative estimate of drug-likeness (QED) is 0.304. The Bertz CT molecular complexity index is 1480. The van der Waals surface area contributed by atoms with E-state index >= 15 is 0 Å². The van der Waals surface area contributed by atoms with Crippen molar-refractivity contribution in [1.29, 1.82) is 0 Å². The number of thioether (sulfide) groups is 1. The number of carbonyl (C=O) groups is 3. The van der Waals surface area contributed by atoms with Gasteiger partial charge < -0.3 is 19.7 Å². The normalized spacial score (nSPS) is 15.2. The Balaban J connectivity index is 1.55. The van der Waals surface area contributed by atoms with Gasteiger partial charge in [0.05, 0.1) is 33.3 Å². The number of carbonyl (C=O) groups excluding carboxylic acids is 1. The van der Waals surface area contributed by atoms with Crippen LogP contribution in [0.25, 0.3) is 6.08 Å². The van der Waals surface area contributed by atoms with Crippen molar-refractivity contribution < 1.29 is 34.1 Å². The molecule has 39 heavy (non-hydrogen) atoms. The van der Waals surface area contributed by atoms with E-state index in [1.807, 2.05) is 6.92 Å². The van der Waals surface area contributed by atoms with Gasteiger partial charge in [0, 0.05) is 7.05 Å². The van der Waals surface area contributed by atoms with Crippen molar-refractivity contribution in [2.24, 2.45) is 4.99 Å². The number of aliphatic imine (C=N–C) groups is 1. The lowest BCUT2D eigenvalue weighted by Crippen LogP contribution is -2.23. The molecule has 0 spiro atoms. The van der Waals surface area contributed by atoms with Gasteiger partial charge in [0.2, 0.25) is 0 Å². The average molecular weight is 567 g/mol. The number of carboxylic acids is 2. The number of amidine groups is 1. The molecule has 0 saturated carbocycles. The van der Waals surface area contributed by atoms with Crippen LogP contribution in [0, 0.1) is 0 Å². The molecule has 1 aliphatic heterocycles. The first kappa shape index (κ1) is 27.7. The van der Waals surface area contributed by atoms with Crippen molar-refractivity contribution in [1.82, 2.24) is 4.90 Å². The maximum absolute atomic E-state index is 12.9. The molecule has 9 nitrogen and oxygen atoms in total. The summed E-state index contributed by atoms with van der Waals surface area (Å²) in [7, 11) is 1.61. The average Bonchev–Trinajstić information content (AvgIpc) is 3.16. The summed E-state index contributed by atoms with van der Waals surface area (Å²) in [4.78, 5) is 41.3. The Labute approximate surface area is 233 Å². The summed E-state index contributed by atoms with van der Waals surface area (Å²) in [5.74, 6) is -1.56. The fourth-order valence-corrected chi connectivity index (χ4v) is 4.83. The molecular formula is C28H23ClN2O7S. The Morgan fingerprint density at radius 2 is 1.62 bits per heavy atom. The van der Waals surface area contributed by atoms with Crippen LogP contribution in [0.5, 0.6) is 11.5 Å². The molecule has 3 aromatic rings. The molecule has 0 atom stereocenters. The second-order valence-corrected chi connectivity index (χ2v) is 9.69. The molecule has 1 amide bonds. The van der Waals surface area contributed by atoms with Crippen LogP contribution in [0.3, 0.4) is 0 Å². The van der Waals surface area contributed by atoms with Crippen LogP contribution in [0.2, 0.25) is 5.02 Å². The van der Waals surface area contributed by atoms with Gasteiger partial charge in [-0.25, -0.2) is 14.6 Å². The minimum Gasteiger partial charge on any atom is -0.490 e. The minimum absolute atomic E-state index is 0.145. The Morgan fingerprint density at radius 3 is 2.21 bits per heavy atom. The topological polar surface area (TPSA) is 126 Å². The van der Waals surface area contributed by atoms with E-state index in [0.29, 0.717) is 39.4 Å². The summed E-state index contributed by atoms with van der Waals surface area (Å²) in [6, 6.07) is 15.7. The van der Waals surface area contributed by atoms with E-state index in [4.69, 9.17) is 31.3 Å². The summed E-state index contributed by atoms with van der Waals surface area (Å²) >= 11 is 7.73. The monoisotopic (exact) mass is 566 g/mol. The second-order valence-electron chi connectivity index (χ2n) is 8.27. The van der Waals surface area contributed by atoms with Gasteiger partial charge in [-0.3, -0.25) is 9.69 Å². The highest BCUT2D eigenvalue weighted by molar-refractivity contribution is 8.18. The molecule has 1 fully saturated rings. The van der Waals surface area contributed by atoms with E-state index < -0.39 is 11.9 Å². The van der Waals surface area contributed by atoms with Gasteiger partial charge in [0.1, 0.15) is 6.61 Å². The molecule has 1 saturated heterocycles. The predicted octanol–water partition coefficient (Wildman–Crippen LogP) is 5.95. The number of rotatable bonds is 9. The van der Waals surface area contributed by atoms with Gasteiger partial charge >= 0.3 is 11.9 Å². The molecule has 200 valence electrons. The zero-order valence-electron chi connectivity index (χ0n) is 20.9. The van der Waals surface area contributed by atoms with E-state index in [2.05, 4.69) is 4.99 Å². The van der Waals surface area contributed by atoms with Crippen molar-refractivity contribution in [3.63, 3.8) is 0 Å². The fraction of sp³-hybridized carbons (Fsp3) is 0.143. The number of ether oxygens (including phenoxy) is 2. The van der Waals surface area contributed by atoms with Crippen LogP contribution in [-0.2, 0) is 11.4 Å². The molecule has 1 aliphatic rings. The summed E-state index contributed by atoms with van der Waals surface area (Å²) in [5.41, 5.74) is 2.22. The largest absolute Gasteiger partial charge is 0.490 e. The van der Waals surface area contributed by atoms with Crippen molar-refractivity contribution >= 4 is 58.1 Å². The van der Waals surface area contributed by atoms with Gasteiger partial charge in [-0.05, 0) is 84.4 Å². The van der Waals surface area contributed by atoms with Gasteiger partial charge in [-0.2, -0.15) is 0 Å². The van der Waals surface area contributed by atoms with E-state index in [0.717, 1.165) is 5.56 Å². The molecule has 4 rings (SSSR count). The lowest BCUT2D eigenvalue weighted by atomic mass is 10.1. The van der Waals surface area contributed by atoms with E-state index in [9.17, 15) is 14.4 Å². The summed E-state index contributed by atoms with van der Waals surface area (Å²) < 4.78 is 11.7.